The van der Waals surface area contributed by atoms with E-state index in [1.54, 1.807) is 12.1 Å². The Hall–Kier alpha value is -2.87. The number of methoxy groups -OCH3 is 2. The predicted octanol–water partition coefficient (Wildman–Crippen LogP) is 2.48. The maximum absolute atomic E-state index is 12.9. The molecule has 0 bridgehead atoms. The van der Waals surface area contributed by atoms with Crippen LogP contribution in [0, 0.1) is 0 Å². The minimum absolute atomic E-state index is 0.0603. The summed E-state index contributed by atoms with van der Waals surface area (Å²) in [6.07, 6.45) is 3.48. The second kappa shape index (κ2) is 10.5. The molecule has 0 atom stereocenters. The van der Waals surface area contributed by atoms with Gasteiger partial charge in [0.2, 0.25) is 5.75 Å². The largest absolute Gasteiger partial charge is 0.493 e. The maximum atomic E-state index is 12.9. The third-order valence-electron chi connectivity index (χ3n) is 3.79. The number of aromatic nitrogens is 2. The van der Waals surface area contributed by atoms with E-state index >= 15 is 0 Å². The Labute approximate surface area is 168 Å². The fourth-order valence-electron chi connectivity index (χ4n) is 2.43. The zero-order valence-electron chi connectivity index (χ0n) is 16.0. The first-order valence-corrected chi connectivity index (χ1v) is 9.01. The maximum Gasteiger partial charge on any atom is 0.257 e. The lowest BCUT2D eigenvalue weighted by molar-refractivity contribution is -0.123. The summed E-state index contributed by atoms with van der Waals surface area (Å²) in [6.45, 7) is 2.22. The molecule has 0 spiro atoms. The van der Waals surface area contributed by atoms with Gasteiger partial charge in [0.25, 0.3) is 5.91 Å². The lowest BCUT2D eigenvalue weighted by atomic mass is 10.0. The third-order valence-corrected chi connectivity index (χ3v) is 4.11. The van der Waals surface area contributed by atoms with Crippen LogP contribution in [-0.4, -0.2) is 49.0 Å². The highest BCUT2D eigenvalue weighted by molar-refractivity contribution is 6.31. The Balaban J connectivity index is 2.32. The highest BCUT2D eigenvalue weighted by Gasteiger charge is 2.23. The molecule has 0 radical (unpaired) electrons. The first-order valence-electron chi connectivity index (χ1n) is 8.63. The van der Waals surface area contributed by atoms with Crippen LogP contribution in [0.4, 0.5) is 0 Å². The van der Waals surface area contributed by atoms with Gasteiger partial charge >= 0.3 is 0 Å². The fraction of sp³-hybridized carbons (Fsp3) is 0.368. The molecule has 1 aromatic heterocycles. The Bertz CT molecular complexity index is 844. The molecule has 0 fully saturated rings. The van der Waals surface area contributed by atoms with Crippen LogP contribution in [-0.2, 0) is 11.2 Å². The van der Waals surface area contributed by atoms with Crippen LogP contribution in [0.15, 0.2) is 24.7 Å². The van der Waals surface area contributed by atoms with E-state index in [1.165, 1.54) is 26.7 Å². The van der Waals surface area contributed by atoms with Crippen molar-refractivity contribution in [1.29, 1.82) is 0 Å². The molecule has 1 heterocycles. The van der Waals surface area contributed by atoms with E-state index in [-0.39, 0.29) is 46.8 Å². The van der Waals surface area contributed by atoms with Gasteiger partial charge in [0.1, 0.15) is 6.33 Å². The first kappa shape index (κ1) is 21.4. The predicted molar refractivity (Wildman–Crippen MR) is 103 cm³/mol. The molecule has 0 saturated carbocycles. The van der Waals surface area contributed by atoms with Crippen molar-refractivity contribution < 1.29 is 23.8 Å². The van der Waals surface area contributed by atoms with E-state index in [0.29, 0.717) is 18.0 Å². The summed E-state index contributed by atoms with van der Waals surface area (Å²) < 4.78 is 16.3. The minimum Gasteiger partial charge on any atom is -0.493 e. The van der Waals surface area contributed by atoms with Crippen LogP contribution in [0.25, 0.3) is 0 Å². The van der Waals surface area contributed by atoms with E-state index in [0.717, 1.165) is 6.42 Å². The summed E-state index contributed by atoms with van der Waals surface area (Å²) in [5.41, 5.74) is 0.624. The normalized spacial score (nSPS) is 10.3. The van der Waals surface area contributed by atoms with Crippen molar-refractivity contribution in [3.63, 3.8) is 0 Å². The summed E-state index contributed by atoms with van der Waals surface area (Å²) >= 11 is 6.05. The van der Waals surface area contributed by atoms with Gasteiger partial charge in [-0.05, 0) is 18.6 Å². The standard InChI is InChI=1S/C19H22ClN3O5/c1-4-7-22-17(25)10-28-18-12(5-6-16(26-2)19(18)27-3)15(24)8-14-13(20)9-21-11-23-14/h5-6,9,11H,4,7-8,10H2,1-3H3,(H,22,25). The molecule has 0 aliphatic rings. The van der Waals surface area contributed by atoms with Crippen LogP contribution in [0.1, 0.15) is 29.4 Å². The molecule has 1 amide bonds. The summed E-state index contributed by atoms with van der Waals surface area (Å²) in [5.74, 6) is 0.131. The van der Waals surface area contributed by atoms with Gasteiger partial charge in [0.15, 0.2) is 23.9 Å². The van der Waals surface area contributed by atoms with Crippen LogP contribution in [0.3, 0.4) is 0 Å². The van der Waals surface area contributed by atoms with E-state index < -0.39 is 0 Å². The number of hydrogen-bond acceptors (Lipinski definition) is 7. The summed E-state index contributed by atoms with van der Waals surface area (Å²) in [5, 5.41) is 3.00. The van der Waals surface area contributed by atoms with Gasteiger partial charge in [-0.3, -0.25) is 9.59 Å². The minimum atomic E-state index is -0.302. The average Bonchev–Trinajstić information content (AvgIpc) is 2.71. The fourth-order valence-corrected chi connectivity index (χ4v) is 2.60. The zero-order chi connectivity index (χ0) is 20.5. The molecule has 1 N–H and O–H groups in total. The number of hydrogen-bond donors (Lipinski definition) is 1. The summed E-state index contributed by atoms with van der Waals surface area (Å²) in [4.78, 5) is 32.6. The van der Waals surface area contributed by atoms with Crippen LogP contribution in [0.5, 0.6) is 17.2 Å². The lowest BCUT2D eigenvalue weighted by Gasteiger charge is -2.17. The van der Waals surface area contributed by atoms with Crippen LogP contribution >= 0.6 is 11.6 Å². The molecule has 2 rings (SSSR count). The van der Waals surface area contributed by atoms with Crippen molar-refractivity contribution in [1.82, 2.24) is 15.3 Å². The van der Waals surface area contributed by atoms with Gasteiger partial charge in [-0.2, -0.15) is 0 Å². The Morgan fingerprint density at radius 1 is 1.18 bits per heavy atom. The molecule has 0 unspecified atom stereocenters. The van der Waals surface area contributed by atoms with Gasteiger partial charge in [-0.15, -0.1) is 0 Å². The monoisotopic (exact) mass is 407 g/mol. The highest BCUT2D eigenvalue weighted by atomic mass is 35.5. The topological polar surface area (TPSA) is 99.6 Å². The molecule has 0 saturated heterocycles. The number of amides is 1. The summed E-state index contributed by atoms with van der Waals surface area (Å²) in [6, 6.07) is 3.15. The smallest absolute Gasteiger partial charge is 0.257 e. The number of Topliss-reactive ketones (excluding diaryl/α,β-unsaturated/α-hetero) is 1. The van der Waals surface area contributed by atoms with Crippen molar-refractivity contribution in [2.24, 2.45) is 0 Å². The molecule has 9 heteroatoms. The van der Waals surface area contributed by atoms with Crippen LogP contribution in [0.2, 0.25) is 5.02 Å². The molecule has 8 nitrogen and oxygen atoms in total. The van der Waals surface area contributed by atoms with Gasteiger partial charge in [-0.1, -0.05) is 18.5 Å². The van der Waals surface area contributed by atoms with Gasteiger partial charge < -0.3 is 19.5 Å². The van der Waals surface area contributed by atoms with Gasteiger partial charge in [0, 0.05) is 12.7 Å². The molecular weight excluding hydrogens is 386 g/mol. The molecule has 1 aromatic carbocycles. The zero-order valence-corrected chi connectivity index (χ0v) is 16.7. The Morgan fingerprint density at radius 2 is 1.96 bits per heavy atom. The quantitative estimate of drug-likeness (QED) is 0.604. The second-order valence-corrected chi connectivity index (χ2v) is 6.14. The number of halogens is 1. The number of nitrogens with one attached hydrogen (secondary N) is 1. The Kier molecular flexibility index (Phi) is 8.01. The number of ether oxygens (including phenoxy) is 3. The Morgan fingerprint density at radius 3 is 2.61 bits per heavy atom. The number of rotatable bonds is 10. The molecule has 0 aliphatic carbocycles. The van der Waals surface area contributed by atoms with E-state index in [4.69, 9.17) is 25.8 Å². The van der Waals surface area contributed by atoms with E-state index in [1.807, 2.05) is 6.92 Å². The van der Waals surface area contributed by atoms with Crippen molar-refractivity contribution in [3.8, 4) is 17.2 Å². The number of carbonyl (C=O) groups is 2. The molecular formula is C19H22ClN3O5. The van der Waals surface area contributed by atoms with Crippen molar-refractivity contribution in [3.05, 3.63) is 40.9 Å². The highest BCUT2D eigenvalue weighted by Crippen LogP contribution is 2.40. The number of nitrogens with zero attached hydrogens (tertiary/aromatic N) is 2. The van der Waals surface area contributed by atoms with E-state index in [9.17, 15) is 9.59 Å². The SMILES string of the molecule is CCCNC(=O)COc1c(C(=O)Cc2ncncc2Cl)ccc(OC)c1OC. The molecule has 2 aromatic rings. The van der Waals surface area contributed by atoms with Crippen molar-refractivity contribution >= 4 is 23.3 Å². The molecule has 28 heavy (non-hydrogen) atoms. The van der Waals surface area contributed by atoms with Crippen molar-refractivity contribution in [2.75, 3.05) is 27.4 Å². The van der Waals surface area contributed by atoms with Crippen molar-refractivity contribution in [2.45, 2.75) is 19.8 Å². The third kappa shape index (κ3) is 5.32. The van der Waals surface area contributed by atoms with Gasteiger partial charge in [0.05, 0.1) is 36.9 Å². The average molecular weight is 408 g/mol. The van der Waals surface area contributed by atoms with E-state index in [2.05, 4.69) is 15.3 Å². The number of ketones is 1. The van der Waals surface area contributed by atoms with Crippen LogP contribution < -0.4 is 19.5 Å². The second-order valence-electron chi connectivity index (χ2n) is 5.73. The molecule has 150 valence electrons. The number of carbonyl (C=O) groups excluding carboxylic acids is 2. The molecule has 0 aliphatic heterocycles. The van der Waals surface area contributed by atoms with Gasteiger partial charge in [-0.25, -0.2) is 9.97 Å². The number of benzene rings is 1. The first-order chi connectivity index (χ1) is 13.5. The lowest BCUT2D eigenvalue weighted by Crippen LogP contribution is -2.29. The summed E-state index contributed by atoms with van der Waals surface area (Å²) in [7, 11) is 2.90.